The third-order valence-corrected chi connectivity index (χ3v) is 7.50. The molecule has 0 amide bonds. The number of carbonyl (C=O) groups excluding carboxylic acids is 1. The maximum absolute atomic E-state index is 12.3. The van der Waals surface area contributed by atoms with Gasteiger partial charge in [0.1, 0.15) is 0 Å². The fraction of sp³-hybridized carbons (Fsp3) is 0.800. The number of hydrogen-bond donors (Lipinski definition) is 0. The van der Waals surface area contributed by atoms with E-state index in [1.165, 1.54) is 7.11 Å². The predicted molar refractivity (Wildman–Crippen MR) is 89.0 cm³/mol. The summed E-state index contributed by atoms with van der Waals surface area (Å²) >= 11 is 0. The van der Waals surface area contributed by atoms with Crippen molar-refractivity contribution in [2.45, 2.75) is 64.6 Å². The van der Waals surface area contributed by atoms with Crippen LogP contribution in [0.3, 0.4) is 0 Å². The number of rotatable bonds is 4. The Morgan fingerprint density at radius 1 is 1.25 bits per heavy atom. The Morgan fingerprint density at radius 3 is 2.20 bits per heavy atom. The van der Waals surface area contributed by atoms with Crippen LogP contribution >= 0.6 is 0 Å². The highest BCUT2D eigenvalue weighted by molar-refractivity contribution is 6.78. The Morgan fingerprint density at radius 2 is 1.80 bits per heavy atom. The topological polar surface area (TPSA) is 35.5 Å². The molecule has 0 bridgehead atoms. The maximum Gasteiger partial charge on any atom is 0.311 e. The standard InChI is InChI=1S/C15H30O3Si2/c1-15(14(16)17-2)10-9-12(18-20(6,7)8)11-13(15)19(3,4)5/h11,13H,9-10H2,1-8H3. The average molecular weight is 315 g/mol. The number of methoxy groups -OCH3 is 1. The summed E-state index contributed by atoms with van der Waals surface area (Å²) in [6, 6.07) is 0. The lowest BCUT2D eigenvalue weighted by Crippen LogP contribution is -2.46. The summed E-state index contributed by atoms with van der Waals surface area (Å²) in [7, 11) is -1.62. The molecule has 0 aromatic heterocycles. The second kappa shape index (κ2) is 5.68. The second-order valence-corrected chi connectivity index (χ2v) is 17.9. The van der Waals surface area contributed by atoms with E-state index in [0.29, 0.717) is 0 Å². The fourth-order valence-corrected chi connectivity index (χ4v) is 6.95. The number of esters is 1. The van der Waals surface area contributed by atoms with Gasteiger partial charge in [0.25, 0.3) is 0 Å². The van der Waals surface area contributed by atoms with Crippen LogP contribution in [0.25, 0.3) is 0 Å². The summed E-state index contributed by atoms with van der Waals surface area (Å²) in [6.07, 6.45) is 3.91. The largest absolute Gasteiger partial charge is 0.548 e. The smallest absolute Gasteiger partial charge is 0.311 e. The van der Waals surface area contributed by atoms with Crippen molar-refractivity contribution < 1.29 is 14.0 Å². The van der Waals surface area contributed by atoms with E-state index in [0.717, 1.165) is 18.6 Å². The molecule has 0 spiro atoms. The summed E-state index contributed by atoms with van der Waals surface area (Å²) in [5.41, 5.74) is -0.131. The monoisotopic (exact) mass is 314 g/mol. The Labute approximate surface area is 125 Å². The molecule has 0 saturated carbocycles. The molecule has 0 fully saturated rings. The molecule has 0 radical (unpaired) electrons. The Hall–Kier alpha value is -0.556. The van der Waals surface area contributed by atoms with E-state index in [4.69, 9.17) is 9.16 Å². The van der Waals surface area contributed by atoms with Gasteiger partial charge in [-0.05, 0) is 44.6 Å². The molecule has 0 saturated heterocycles. The Balaban J connectivity index is 3.14. The molecule has 20 heavy (non-hydrogen) atoms. The van der Waals surface area contributed by atoms with Crippen molar-refractivity contribution in [1.29, 1.82) is 0 Å². The molecule has 0 aromatic rings. The first kappa shape index (κ1) is 17.5. The maximum atomic E-state index is 12.3. The molecular formula is C15H30O3Si2. The Kier molecular flexibility index (Phi) is 4.97. The highest BCUT2D eigenvalue weighted by Gasteiger charge is 2.49. The highest BCUT2D eigenvalue weighted by Crippen LogP contribution is 2.50. The third kappa shape index (κ3) is 3.98. The second-order valence-electron chi connectivity index (χ2n) is 8.10. The van der Waals surface area contributed by atoms with E-state index < -0.39 is 21.8 Å². The van der Waals surface area contributed by atoms with Crippen LogP contribution in [0.15, 0.2) is 11.8 Å². The normalized spacial score (nSPS) is 27.8. The minimum Gasteiger partial charge on any atom is -0.548 e. The minimum absolute atomic E-state index is 0.0757. The first-order valence-corrected chi connectivity index (χ1v) is 14.4. The molecule has 0 aromatic carbocycles. The molecular weight excluding hydrogens is 284 g/mol. The third-order valence-electron chi connectivity index (χ3n) is 3.95. The van der Waals surface area contributed by atoms with Gasteiger partial charge in [0.15, 0.2) is 0 Å². The van der Waals surface area contributed by atoms with Crippen LogP contribution in [0.5, 0.6) is 0 Å². The van der Waals surface area contributed by atoms with E-state index in [2.05, 4.69) is 52.3 Å². The van der Waals surface area contributed by atoms with Gasteiger partial charge in [-0.15, -0.1) is 0 Å². The van der Waals surface area contributed by atoms with Crippen LogP contribution in [0, 0.1) is 5.41 Å². The van der Waals surface area contributed by atoms with Crippen LogP contribution < -0.4 is 0 Å². The van der Waals surface area contributed by atoms with E-state index in [9.17, 15) is 4.79 Å². The molecule has 1 aliphatic carbocycles. The molecule has 1 aliphatic rings. The minimum atomic E-state index is -1.58. The first-order chi connectivity index (χ1) is 8.90. The lowest BCUT2D eigenvalue weighted by molar-refractivity contribution is -0.152. The summed E-state index contributed by atoms with van der Waals surface area (Å²) < 4.78 is 11.3. The SMILES string of the molecule is COC(=O)C1(C)CCC(O[Si](C)(C)C)=CC1[Si](C)(C)C. The van der Waals surface area contributed by atoms with Crippen molar-refractivity contribution in [3.63, 3.8) is 0 Å². The first-order valence-electron chi connectivity index (χ1n) is 7.38. The molecule has 2 atom stereocenters. The molecule has 0 N–H and O–H groups in total. The molecule has 3 nitrogen and oxygen atoms in total. The van der Waals surface area contributed by atoms with Gasteiger partial charge in [0, 0.05) is 6.42 Å². The van der Waals surface area contributed by atoms with Gasteiger partial charge >= 0.3 is 5.97 Å². The van der Waals surface area contributed by atoms with E-state index >= 15 is 0 Å². The summed E-state index contributed by atoms with van der Waals surface area (Å²) in [4.78, 5) is 12.3. The zero-order valence-corrected chi connectivity index (χ0v) is 16.3. The van der Waals surface area contributed by atoms with Crippen LogP contribution in [-0.4, -0.2) is 29.5 Å². The van der Waals surface area contributed by atoms with E-state index in [1.54, 1.807) is 0 Å². The lowest BCUT2D eigenvalue weighted by Gasteiger charge is -2.44. The van der Waals surface area contributed by atoms with Crippen LogP contribution in [0.1, 0.15) is 19.8 Å². The summed E-state index contributed by atoms with van der Waals surface area (Å²) in [5.74, 6) is 1.02. The van der Waals surface area contributed by atoms with Gasteiger partial charge in [0.05, 0.1) is 26.4 Å². The van der Waals surface area contributed by atoms with Crippen molar-refractivity contribution in [2.24, 2.45) is 5.41 Å². The van der Waals surface area contributed by atoms with Gasteiger partial charge in [-0.25, -0.2) is 0 Å². The van der Waals surface area contributed by atoms with Crippen molar-refractivity contribution in [3.8, 4) is 0 Å². The van der Waals surface area contributed by atoms with E-state index in [-0.39, 0.29) is 11.5 Å². The average Bonchev–Trinajstić information content (AvgIpc) is 2.27. The van der Waals surface area contributed by atoms with Crippen LogP contribution in [0.2, 0.25) is 44.8 Å². The van der Waals surface area contributed by atoms with Gasteiger partial charge in [-0.2, -0.15) is 0 Å². The summed E-state index contributed by atoms with van der Waals surface area (Å²) in [5, 5.41) is 0. The lowest BCUT2D eigenvalue weighted by atomic mass is 9.77. The van der Waals surface area contributed by atoms with Gasteiger partial charge in [0.2, 0.25) is 8.32 Å². The van der Waals surface area contributed by atoms with Gasteiger partial charge < -0.3 is 9.16 Å². The fourth-order valence-electron chi connectivity index (χ4n) is 3.14. The number of allylic oxidation sites excluding steroid dienone is 2. The van der Waals surface area contributed by atoms with E-state index in [1.807, 2.05) is 0 Å². The number of carbonyl (C=O) groups is 1. The van der Waals surface area contributed by atoms with Crippen LogP contribution in [0.4, 0.5) is 0 Å². The zero-order valence-electron chi connectivity index (χ0n) is 14.3. The molecule has 0 aliphatic heterocycles. The predicted octanol–water partition coefficient (Wildman–Crippen LogP) is 4.40. The zero-order chi connectivity index (χ0) is 15.8. The Bertz CT molecular complexity index is 404. The van der Waals surface area contributed by atoms with Crippen molar-refractivity contribution >= 4 is 22.4 Å². The number of hydrogen-bond acceptors (Lipinski definition) is 3. The quantitative estimate of drug-likeness (QED) is 0.570. The van der Waals surface area contributed by atoms with Crippen molar-refractivity contribution in [2.75, 3.05) is 7.11 Å². The molecule has 5 heteroatoms. The summed E-state index contributed by atoms with van der Waals surface area (Å²) in [6.45, 7) is 15.6. The van der Waals surface area contributed by atoms with Gasteiger partial charge in [-0.3, -0.25) is 4.79 Å². The highest BCUT2D eigenvalue weighted by atomic mass is 28.4. The molecule has 1 rings (SSSR count). The molecule has 0 heterocycles. The van der Waals surface area contributed by atoms with Gasteiger partial charge in [-0.1, -0.05) is 19.6 Å². The number of ether oxygens (including phenoxy) is 1. The molecule has 2 unspecified atom stereocenters. The molecule has 116 valence electrons. The van der Waals surface area contributed by atoms with Crippen molar-refractivity contribution in [3.05, 3.63) is 11.8 Å². The van der Waals surface area contributed by atoms with Crippen molar-refractivity contribution in [1.82, 2.24) is 0 Å². The van der Waals surface area contributed by atoms with Crippen LogP contribution in [-0.2, 0) is 14.0 Å².